The Morgan fingerprint density at radius 1 is 1.15 bits per heavy atom. The van der Waals surface area contributed by atoms with Crippen LogP contribution in [0.25, 0.3) is 6.08 Å². The molecule has 2 heterocycles. The third kappa shape index (κ3) is 3.06. The lowest BCUT2D eigenvalue weighted by molar-refractivity contribution is -0.385. The number of nitrogens with zero attached hydrogens (tertiary/aromatic N) is 2. The van der Waals surface area contributed by atoms with E-state index in [1.54, 1.807) is 36.4 Å². The second kappa shape index (κ2) is 6.84. The van der Waals surface area contributed by atoms with Gasteiger partial charge in [-0.15, -0.1) is 0 Å². The van der Waals surface area contributed by atoms with Crippen LogP contribution in [0, 0.1) is 10.1 Å². The molecule has 0 aromatic heterocycles. The first-order valence-electron chi connectivity index (χ1n) is 8.96. The SMILES string of the molecule is O=C(c1ccccc1)c1cc(C=C2CCN3CCCC23)ccc1[N+](=O)[O-]. The van der Waals surface area contributed by atoms with Gasteiger partial charge in [0.2, 0.25) is 0 Å². The van der Waals surface area contributed by atoms with Crippen LogP contribution in [0.3, 0.4) is 0 Å². The number of hydrogen-bond donors (Lipinski definition) is 0. The van der Waals surface area contributed by atoms with Gasteiger partial charge in [0.1, 0.15) is 5.56 Å². The van der Waals surface area contributed by atoms with Crippen LogP contribution in [0.15, 0.2) is 54.1 Å². The summed E-state index contributed by atoms with van der Waals surface area (Å²) in [6.07, 6.45) is 5.54. The quantitative estimate of drug-likeness (QED) is 0.474. The van der Waals surface area contributed by atoms with Crippen molar-refractivity contribution in [3.8, 4) is 0 Å². The summed E-state index contributed by atoms with van der Waals surface area (Å²) in [5.74, 6) is -0.313. The minimum atomic E-state index is -0.485. The molecule has 1 unspecified atom stereocenters. The fourth-order valence-electron chi connectivity index (χ4n) is 4.06. The van der Waals surface area contributed by atoms with E-state index in [-0.39, 0.29) is 17.0 Å². The number of nitro groups is 1. The molecule has 0 amide bonds. The lowest BCUT2D eigenvalue weighted by Gasteiger charge is -2.14. The Labute approximate surface area is 152 Å². The van der Waals surface area contributed by atoms with Crippen LogP contribution in [-0.4, -0.2) is 34.7 Å². The van der Waals surface area contributed by atoms with Crippen LogP contribution in [0.1, 0.15) is 40.7 Å². The van der Waals surface area contributed by atoms with Crippen molar-refractivity contribution in [3.63, 3.8) is 0 Å². The molecule has 2 aliphatic rings. The zero-order valence-corrected chi connectivity index (χ0v) is 14.4. The standard InChI is InChI=1S/C21H20N2O3/c24-21(16-5-2-1-3-6-16)18-14-15(8-9-20(18)23(25)26)13-17-10-12-22-11-4-7-19(17)22/h1-3,5-6,8-9,13-14,19H,4,7,10-12H2. The third-order valence-corrected chi connectivity index (χ3v) is 5.33. The fourth-order valence-corrected chi connectivity index (χ4v) is 4.06. The minimum absolute atomic E-state index is 0.144. The number of carbonyl (C=O) groups is 1. The number of carbonyl (C=O) groups excluding carboxylic acids is 1. The molecule has 132 valence electrons. The lowest BCUT2D eigenvalue weighted by atomic mass is 9.97. The van der Waals surface area contributed by atoms with Gasteiger partial charge in [0, 0.05) is 24.2 Å². The Bertz CT molecular complexity index is 889. The topological polar surface area (TPSA) is 63.5 Å². The fraction of sp³-hybridized carbons (Fsp3) is 0.286. The highest BCUT2D eigenvalue weighted by atomic mass is 16.6. The summed E-state index contributed by atoms with van der Waals surface area (Å²) in [6.45, 7) is 2.24. The predicted octanol–water partition coefficient (Wildman–Crippen LogP) is 4.08. The van der Waals surface area contributed by atoms with Gasteiger partial charge in [0.15, 0.2) is 5.78 Å². The van der Waals surface area contributed by atoms with Gasteiger partial charge >= 0.3 is 0 Å². The summed E-state index contributed by atoms with van der Waals surface area (Å²) >= 11 is 0. The molecule has 0 spiro atoms. The van der Waals surface area contributed by atoms with E-state index < -0.39 is 4.92 Å². The molecule has 0 bridgehead atoms. The molecule has 2 aliphatic heterocycles. The first-order chi connectivity index (χ1) is 12.6. The van der Waals surface area contributed by atoms with Crippen molar-refractivity contribution in [2.24, 2.45) is 0 Å². The van der Waals surface area contributed by atoms with Crippen molar-refractivity contribution in [2.45, 2.75) is 25.3 Å². The summed E-state index contributed by atoms with van der Waals surface area (Å²) in [5.41, 5.74) is 2.70. The van der Waals surface area contributed by atoms with Crippen LogP contribution in [0.2, 0.25) is 0 Å². The van der Waals surface area contributed by atoms with Gasteiger partial charge in [0.25, 0.3) is 5.69 Å². The lowest BCUT2D eigenvalue weighted by Crippen LogP contribution is -2.22. The zero-order chi connectivity index (χ0) is 18.1. The van der Waals surface area contributed by atoms with Crippen molar-refractivity contribution in [1.82, 2.24) is 4.90 Å². The molecular weight excluding hydrogens is 328 g/mol. The molecule has 5 nitrogen and oxygen atoms in total. The average Bonchev–Trinajstić information content (AvgIpc) is 3.27. The Balaban J connectivity index is 1.72. The highest BCUT2D eigenvalue weighted by molar-refractivity contribution is 6.11. The molecule has 26 heavy (non-hydrogen) atoms. The molecule has 0 saturated carbocycles. The van der Waals surface area contributed by atoms with E-state index in [9.17, 15) is 14.9 Å². The Hall–Kier alpha value is -2.79. The van der Waals surface area contributed by atoms with Gasteiger partial charge in [-0.05, 0) is 43.5 Å². The summed E-state index contributed by atoms with van der Waals surface area (Å²) in [5, 5.41) is 11.4. The van der Waals surface area contributed by atoms with Crippen molar-refractivity contribution < 1.29 is 9.72 Å². The molecule has 2 aromatic carbocycles. The monoisotopic (exact) mass is 348 g/mol. The van der Waals surface area contributed by atoms with Gasteiger partial charge in [-0.1, -0.05) is 42.0 Å². The van der Waals surface area contributed by atoms with Gasteiger partial charge in [-0.2, -0.15) is 0 Å². The highest BCUT2D eigenvalue weighted by Gasteiger charge is 2.32. The minimum Gasteiger partial charge on any atom is -0.296 e. The van der Waals surface area contributed by atoms with E-state index in [1.165, 1.54) is 24.5 Å². The van der Waals surface area contributed by atoms with E-state index in [4.69, 9.17) is 0 Å². The summed E-state index contributed by atoms with van der Waals surface area (Å²) in [7, 11) is 0. The van der Waals surface area contributed by atoms with Crippen molar-refractivity contribution in [1.29, 1.82) is 0 Å². The molecule has 2 saturated heterocycles. The molecule has 1 atom stereocenters. The van der Waals surface area contributed by atoms with Crippen LogP contribution in [-0.2, 0) is 0 Å². The maximum absolute atomic E-state index is 12.8. The number of rotatable bonds is 4. The smallest absolute Gasteiger partial charge is 0.280 e. The van der Waals surface area contributed by atoms with E-state index in [1.807, 2.05) is 6.07 Å². The normalized spacial score (nSPS) is 21.1. The van der Waals surface area contributed by atoms with E-state index in [0.29, 0.717) is 11.6 Å². The van der Waals surface area contributed by atoms with E-state index >= 15 is 0 Å². The van der Waals surface area contributed by atoms with E-state index in [0.717, 1.165) is 25.1 Å². The number of ketones is 1. The second-order valence-corrected chi connectivity index (χ2v) is 6.89. The van der Waals surface area contributed by atoms with Crippen LogP contribution >= 0.6 is 0 Å². The third-order valence-electron chi connectivity index (χ3n) is 5.33. The highest BCUT2D eigenvalue weighted by Crippen LogP contribution is 2.34. The summed E-state index contributed by atoms with van der Waals surface area (Å²) < 4.78 is 0. The van der Waals surface area contributed by atoms with Crippen molar-refractivity contribution >= 4 is 17.5 Å². The van der Waals surface area contributed by atoms with Gasteiger partial charge in [-0.3, -0.25) is 19.8 Å². The molecule has 0 aliphatic carbocycles. The van der Waals surface area contributed by atoms with Gasteiger partial charge in [0.05, 0.1) is 4.92 Å². The van der Waals surface area contributed by atoms with E-state index in [2.05, 4.69) is 11.0 Å². The maximum atomic E-state index is 12.8. The van der Waals surface area contributed by atoms with Crippen molar-refractivity contribution in [2.75, 3.05) is 13.1 Å². The largest absolute Gasteiger partial charge is 0.296 e. The maximum Gasteiger partial charge on any atom is 0.280 e. The molecule has 5 heteroatoms. The van der Waals surface area contributed by atoms with Gasteiger partial charge in [-0.25, -0.2) is 0 Å². The number of fused-ring (bicyclic) bond motifs is 1. The molecule has 0 radical (unpaired) electrons. The second-order valence-electron chi connectivity index (χ2n) is 6.89. The molecule has 2 fully saturated rings. The molecule has 0 N–H and O–H groups in total. The number of hydrogen-bond acceptors (Lipinski definition) is 4. The molecule has 4 rings (SSSR count). The molecule has 2 aromatic rings. The Kier molecular flexibility index (Phi) is 4.39. The average molecular weight is 348 g/mol. The number of benzene rings is 2. The molecular formula is C21H20N2O3. The number of nitro benzene ring substituents is 1. The Morgan fingerprint density at radius 3 is 2.73 bits per heavy atom. The Morgan fingerprint density at radius 2 is 1.96 bits per heavy atom. The van der Waals surface area contributed by atoms with Crippen LogP contribution in [0.5, 0.6) is 0 Å². The summed E-state index contributed by atoms with van der Waals surface area (Å²) in [4.78, 5) is 26.2. The van der Waals surface area contributed by atoms with Crippen LogP contribution in [0.4, 0.5) is 5.69 Å². The van der Waals surface area contributed by atoms with Gasteiger partial charge < -0.3 is 0 Å². The summed E-state index contributed by atoms with van der Waals surface area (Å²) in [6, 6.07) is 14.1. The zero-order valence-electron chi connectivity index (χ0n) is 14.4. The van der Waals surface area contributed by atoms with Crippen molar-refractivity contribution in [3.05, 3.63) is 80.9 Å². The first kappa shape index (κ1) is 16.7. The van der Waals surface area contributed by atoms with Crippen LogP contribution < -0.4 is 0 Å². The predicted molar refractivity (Wildman–Crippen MR) is 100 cm³/mol. The first-order valence-corrected chi connectivity index (χ1v) is 8.96.